The summed E-state index contributed by atoms with van der Waals surface area (Å²) in [7, 11) is 0. The van der Waals surface area contributed by atoms with Crippen LogP contribution in [0, 0.1) is 0 Å². The molecule has 1 unspecified atom stereocenters. The Morgan fingerprint density at radius 2 is 2.21 bits per heavy atom. The predicted octanol–water partition coefficient (Wildman–Crippen LogP) is 1.41. The number of aliphatic hydroxyl groups excluding tert-OH is 1. The number of hydrogen-bond acceptors (Lipinski definition) is 3. The van der Waals surface area contributed by atoms with Crippen LogP contribution in [0.3, 0.4) is 0 Å². The molecule has 0 aliphatic carbocycles. The van der Waals surface area contributed by atoms with Gasteiger partial charge in [0.2, 0.25) is 0 Å². The zero-order valence-electron chi connectivity index (χ0n) is 8.68. The van der Waals surface area contributed by atoms with Gasteiger partial charge in [0.05, 0.1) is 18.8 Å². The van der Waals surface area contributed by atoms with Crippen LogP contribution in [0.2, 0.25) is 0 Å². The predicted molar refractivity (Wildman–Crippen MR) is 55.0 cm³/mol. The van der Waals surface area contributed by atoms with E-state index in [0.29, 0.717) is 13.0 Å². The lowest BCUT2D eigenvalue weighted by Gasteiger charge is -2.12. The molecule has 0 aromatic carbocycles. The molecule has 1 rings (SSSR count). The lowest BCUT2D eigenvalue weighted by molar-refractivity contribution is 0.00586. The Bertz CT molecular complexity index is 249. The second-order valence-corrected chi connectivity index (χ2v) is 3.56. The quantitative estimate of drug-likeness (QED) is 0.772. The Balaban J connectivity index is 2.30. The molecule has 0 fully saturated rings. The molecule has 3 heteroatoms. The van der Waals surface area contributed by atoms with Crippen LogP contribution in [-0.2, 0) is 11.2 Å². The van der Waals surface area contributed by atoms with E-state index in [2.05, 4.69) is 4.98 Å². The molecular formula is C11H17NO2. The number of hydrogen-bond donors (Lipinski definition) is 1. The van der Waals surface area contributed by atoms with Gasteiger partial charge in [-0.25, -0.2) is 0 Å². The highest BCUT2D eigenvalue weighted by molar-refractivity contribution is 5.04. The van der Waals surface area contributed by atoms with Gasteiger partial charge in [0, 0.05) is 18.3 Å². The number of aliphatic hydroxyl groups is 1. The standard InChI is InChI=1S/C11H17NO2/c1-9(2)14-8-11(13)7-10-5-3-4-6-12-10/h3-6,9,11,13H,7-8H2,1-2H3. The lowest BCUT2D eigenvalue weighted by Crippen LogP contribution is -2.21. The van der Waals surface area contributed by atoms with Crippen molar-refractivity contribution in [3.05, 3.63) is 30.1 Å². The molecule has 1 atom stereocenters. The zero-order valence-corrected chi connectivity index (χ0v) is 8.68. The van der Waals surface area contributed by atoms with Gasteiger partial charge in [-0.2, -0.15) is 0 Å². The minimum absolute atomic E-state index is 0.161. The van der Waals surface area contributed by atoms with Crippen molar-refractivity contribution in [3.8, 4) is 0 Å². The molecule has 1 N–H and O–H groups in total. The smallest absolute Gasteiger partial charge is 0.0829 e. The van der Waals surface area contributed by atoms with Crippen molar-refractivity contribution in [2.75, 3.05) is 6.61 Å². The van der Waals surface area contributed by atoms with Gasteiger partial charge < -0.3 is 9.84 Å². The molecule has 0 amide bonds. The lowest BCUT2D eigenvalue weighted by atomic mass is 10.2. The average Bonchev–Trinajstić information content (AvgIpc) is 2.16. The normalized spacial score (nSPS) is 13.1. The first kappa shape index (κ1) is 11.1. The third-order valence-corrected chi connectivity index (χ3v) is 1.79. The van der Waals surface area contributed by atoms with Gasteiger partial charge in [-0.1, -0.05) is 6.07 Å². The fourth-order valence-corrected chi connectivity index (χ4v) is 1.12. The maximum absolute atomic E-state index is 9.59. The second kappa shape index (κ2) is 5.73. The number of rotatable bonds is 5. The van der Waals surface area contributed by atoms with Crippen LogP contribution in [0.15, 0.2) is 24.4 Å². The maximum atomic E-state index is 9.59. The Hall–Kier alpha value is -0.930. The van der Waals surface area contributed by atoms with Crippen molar-refractivity contribution < 1.29 is 9.84 Å². The molecule has 0 bridgehead atoms. The summed E-state index contributed by atoms with van der Waals surface area (Å²) in [5.74, 6) is 0. The summed E-state index contributed by atoms with van der Waals surface area (Å²) in [6, 6.07) is 5.68. The van der Waals surface area contributed by atoms with Crippen molar-refractivity contribution in [3.63, 3.8) is 0 Å². The van der Waals surface area contributed by atoms with Crippen molar-refractivity contribution in [1.82, 2.24) is 4.98 Å². The molecule has 0 spiro atoms. The van der Waals surface area contributed by atoms with Crippen molar-refractivity contribution in [2.45, 2.75) is 32.5 Å². The molecule has 0 radical (unpaired) electrons. The Labute approximate surface area is 84.7 Å². The van der Waals surface area contributed by atoms with Crippen LogP contribution in [-0.4, -0.2) is 28.9 Å². The fourth-order valence-electron chi connectivity index (χ4n) is 1.12. The van der Waals surface area contributed by atoms with Crippen molar-refractivity contribution in [1.29, 1.82) is 0 Å². The molecule has 0 saturated heterocycles. The van der Waals surface area contributed by atoms with Gasteiger partial charge in [-0.05, 0) is 26.0 Å². The van der Waals surface area contributed by atoms with Gasteiger partial charge in [-0.15, -0.1) is 0 Å². The Morgan fingerprint density at radius 1 is 1.43 bits per heavy atom. The summed E-state index contributed by atoms with van der Waals surface area (Å²) in [5.41, 5.74) is 0.896. The molecule has 3 nitrogen and oxygen atoms in total. The summed E-state index contributed by atoms with van der Waals surface area (Å²) in [4.78, 5) is 4.13. The van der Waals surface area contributed by atoms with E-state index < -0.39 is 6.10 Å². The van der Waals surface area contributed by atoms with E-state index in [1.807, 2.05) is 32.0 Å². The summed E-state index contributed by atoms with van der Waals surface area (Å²) in [6.07, 6.45) is 1.97. The largest absolute Gasteiger partial charge is 0.390 e. The van der Waals surface area contributed by atoms with E-state index in [4.69, 9.17) is 4.74 Å². The van der Waals surface area contributed by atoms with Gasteiger partial charge in [0.1, 0.15) is 0 Å². The fraction of sp³-hybridized carbons (Fsp3) is 0.545. The molecule has 1 heterocycles. The molecule has 14 heavy (non-hydrogen) atoms. The van der Waals surface area contributed by atoms with E-state index >= 15 is 0 Å². The SMILES string of the molecule is CC(C)OCC(O)Cc1ccccn1. The van der Waals surface area contributed by atoms with E-state index in [9.17, 15) is 5.11 Å². The van der Waals surface area contributed by atoms with Crippen LogP contribution in [0.4, 0.5) is 0 Å². The second-order valence-electron chi connectivity index (χ2n) is 3.56. The molecule has 1 aromatic rings. The Kier molecular flexibility index (Phi) is 4.56. The summed E-state index contributed by atoms with van der Waals surface area (Å²) >= 11 is 0. The molecule has 0 aliphatic rings. The van der Waals surface area contributed by atoms with Crippen LogP contribution < -0.4 is 0 Å². The average molecular weight is 195 g/mol. The van der Waals surface area contributed by atoms with E-state index in [1.54, 1.807) is 6.20 Å². The number of nitrogens with zero attached hydrogens (tertiary/aromatic N) is 1. The van der Waals surface area contributed by atoms with E-state index in [0.717, 1.165) is 5.69 Å². The molecule has 0 saturated carbocycles. The third kappa shape index (κ3) is 4.35. The van der Waals surface area contributed by atoms with E-state index in [1.165, 1.54) is 0 Å². The molecule has 1 aromatic heterocycles. The topological polar surface area (TPSA) is 42.4 Å². The summed E-state index contributed by atoms with van der Waals surface area (Å²) in [6.45, 7) is 4.27. The van der Waals surface area contributed by atoms with Crippen LogP contribution in [0.25, 0.3) is 0 Å². The highest BCUT2D eigenvalue weighted by Gasteiger charge is 2.07. The highest BCUT2D eigenvalue weighted by Crippen LogP contribution is 2.00. The minimum atomic E-state index is -0.465. The first-order chi connectivity index (χ1) is 6.68. The van der Waals surface area contributed by atoms with Crippen LogP contribution >= 0.6 is 0 Å². The van der Waals surface area contributed by atoms with Crippen LogP contribution in [0.1, 0.15) is 19.5 Å². The minimum Gasteiger partial charge on any atom is -0.390 e. The van der Waals surface area contributed by atoms with Gasteiger partial charge >= 0.3 is 0 Å². The summed E-state index contributed by atoms with van der Waals surface area (Å²) in [5, 5.41) is 9.59. The Morgan fingerprint density at radius 3 is 2.79 bits per heavy atom. The maximum Gasteiger partial charge on any atom is 0.0829 e. The number of pyridine rings is 1. The molecular weight excluding hydrogens is 178 g/mol. The first-order valence-electron chi connectivity index (χ1n) is 4.88. The van der Waals surface area contributed by atoms with Crippen molar-refractivity contribution in [2.24, 2.45) is 0 Å². The molecule has 0 aliphatic heterocycles. The third-order valence-electron chi connectivity index (χ3n) is 1.79. The first-order valence-corrected chi connectivity index (χ1v) is 4.88. The monoisotopic (exact) mass is 195 g/mol. The van der Waals surface area contributed by atoms with Crippen LogP contribution in [0.5, 0.6) is 0 Å². The van der Waals surface area contributed by atoms with E-state index in [-0.39, 0.29) is 6.10 Å². The van der Waals surface area contributed by atoms with Gasteiger partial charge in [0.15, 0.2) is 0 Å². The zero-order chi connectivity index (χ0) is 10.4. The highest BCUT2D eigenvalue weighted by atomic mass is 16.5. The van der Waals surface area contributed by atoms with Gasteiger partial charge in [0.25, 0.3) is 0 Å². The number of aromatic nitrogens is 1. The van der Waals surface area contributed by atoms with Gasteiger partial charge in [-0.3, -0.25) is 4.98 Å². The molecule has 78 valence electrons. The number of ether oxygens (including phenoxy) is 1. The van der Waals surface area contributed by atoms with Crippen molar-refractivity contribution >= 4 is 0 Å². The summed E-state index contributed by atoms with van der Waals surface area (Å²) < 4.78 is 5.30.